The second kappa shape index (κ2) is 6.70. The summed E-state index contributed by atoms with van der Waals surface area (Å²) in [6.45, 7) is 9.14. The lowest BCUT2D eigenvalue weighted by Crippen LogP contribution is -2.42. The van der Waals surface area contributed by atoms with Gasteiger partial charge in [-0.25, -0.2) is 0 Å². The van der Waals surface area contributed by atoms with E-state index in [9.17, 15) is 9.59 Å². The van der Waals surface area contributed by atoms with Gasteiger partial charge in [-0.2, -0.15) is 0 Å². The molecule has 136 valence electrons. The predicted octanol–water partition coefficient (Wildman–Crippen LogP) is 3.83. The molecule has 1 aliphatic carbocycles. The quantitative estimate of drug-likeness (QED) is 0.883. The summed E-state index contributed by atoms with van der Waals surface area (Å²) in [6.07, 6.45) is 2.87. The van der Waals surface area contributed by atoms with E-state index in [-0.39, 0.29) is 17.7 Å². The lowest BCUT2D eigenvalue weighted by molar-refractivity contribution is -0.127. The van der Waals surface area contributed by atoms with Gasteiger partial charge in [0.05, 0.1) is 11.1 Å². The van der Waals surface area contributed by atoms with Gasteiger partial charge in [0, 0.05) is 24.2 Å². The van der Waals surface area contributed by atoms with Crippen molar-refractivity contribution in [3.63, 3.8) is 0 Å². The van der Waals surface area contributed by atoms with Crippen LogP contribution in [0.4, 0.5) is 11.4 Å². The molecule has 0 radical (unpaired) electrons. The third-order valence-electron chi connectivity index (χ3n) is 4.81. The van der Waals surface area contributed by atoms with E-state index in [1.54, 1.807) is 0 Å². The van der Waals surface area contributed by atoms with Crippen molar-refractivity contribution in [1.82, 2.24) is 0 Å². The average Bonchev–Trinajstić information content (AvgIpc) is 3.38. The number of carbonyl (C=O) groups excluding carboxylic acids is 2. The number of rotatable bonds is 5. The Kier molecular flexibility index (Phi) is 4.76. The van der Waals surface area contributed by atoms with E-state index >= 15 is 0 Å². The predicted molar refractivity (Wildman–Crippen MR) is 98.9 cm³/mol. The molecule has 5 heteroatoms. The van der Waals surface area contributed by atoms with Crippen LogP contribution in [0.5, 0.6) is 5.75 Å². The molecule has 2 amide bonds. The number of fused-ring (bicyclic) bond motifs is 1. The molecule has 0 bridgehead atoms. The summed E-state index contributed by atoms with van der Waals surface area (Å²) in [5, 5.41) is 2.95. The van der Waals surface area contributed by atoms with Crippen LogP contribution < -0.4 is 15.0 Å². The van der Waals surface area contributed by atoms with Crippen LogP contribution in [0, 0.1) is 17.3 Å². The summed E-state index contributed by atoms with van der Waals surface area (Å²) in [5.41, 5.74) is 0.945. The van der Waals surface area contributed by atoms with Gasteiger partial charge in [-0.15, -0.1) is 0 Å². The molecule has 1 aromatic carbocycles. The van der Waals surface area contributed by atoms with Gasteiger partial charge < -0.3 is 15.0 Å². The van der Waals surface area contributed by atoms with Gasteiger partial charge in [-0.05, 0) is 51.2 Å². The minimum absolute atomic E-state index is 0.0710. The number of carbonyl (C=O) groups is 2. The maximum Gasteiger partial charge on any atom is 0.236 e. The van der Waals surface area contributed by atoms with Crippen LogP contribution in [0.1, 0.15) is 47.0 Å². The first kappa shape index (κ1) is 17.8. The number of nitrogens with one attached hydrogen (secondary N) is 1. The highest BCUT2D eigenvalue weighted by Crippen LogP contribution is 2.39. The third-order valence-corrected chi connectivity index (χ3v) is 4.81. The molecule has 1 aliphatic heterocycles. The molecule has 0 saturated heterocycles. The molecule has 1 fully saturated rings. The molecule has 0 atom stereocenters. The fraction of sp³-hybridized carbons (Fsp3) is 0.600. The van der Waals surface area contributed by atoms with E-state index in [2.05, 4.69) is 19.2 Å². The first-order valence-electron chi connectivity index (χ1n) is 9.17. The summed E-state index contributed by atoms with van der Waals surface area (Å²) < 4.78 is 5.96. The van der Waals surface area contributed by atoms with E-state index < -0.39 is 5.41 Å². The Labute approximate surface area is 149 Å². The third kappa shape index (κ3) is 3.97. The number of nitrogens with zero attached hydrogens (tertiary/aromatic N) is 1. The fourth-order valence-corrected chi connectivity index (χ4v) is 2.92. The smallest absolute Gasteiger partial charge is 0.236 e. The Bertz CT molecular complexity index is 678. The van der Waals surface area contributed by atoms with Crippen molar-refractivity contribution >= 4 is 23.2 Å². The van der Waals surface area contributed by atoms with Gasteiger partial charge in [0.2, 0.25) is 11.8 Å². The summed E-state index contributed by atoms with van der Waals surface area (Å²) >= 11 is 0. The maximum absolute atomic E-state index is 13.0. The molecule has 1 saturated carbocycles. The molecular formula is C20H28N2O3. The van der Waals surface area contributed by atoms with Gasteiger partial charge >= 0.3 is 0 Å². The Balaban J connectivity index is 1.87. The van der Waals surface area contributed by atoms with Crippen LogP contribution >= 0.6 is 0 Å². The minimum atomic E-state index is -0.576. The number of benzene rings is 1. The van der Waals surface area contributed by atoms with Gasteiger partial charge in [-0.3, -0.25) is 9.59 Å². The average molecular weight is 344 g/mol. The standard InChI is InChI=1S/C20H28N2O3/c1-13(2)9-10-22-16-8-7-15(21-18(23)14-5-6-14)11-17(16)25-12-20(3,4)19(22)24/h7-8,11,13-14H,5-6,9-10,12H2,1-4H3,(H,21,23). The van der Waals surface area contributed by atoms with Crippen molar-refractivity contribution in [3.8, 4) is 5.75 Å². The van der Waals surface area contributed by atoms with Gasteiger partial charge in [0.15, 0.2) is 0 Å². The van der Waals surface area contributed by atoms with Crippen molar-refractivity contribution in [2.75, 3.05) is 23.4 Å². The number of ether oxygens (including phenoxy) is 1. The van der Waals surface area contributed by atoms with E-state index in [0.29, 0.717) is 24.8 Å². The van der Waals surface area contributed by atoms with Crippen molar-refractivity contribution in [2.45, 2.75) is 47.0 Å². The topological polar surface area (TPSA) is 58.6 Å². The Morgan fingerprint density at radius 2 is 2.08 bits per heavy atom. The molecular weight excluding hydrogens is 316 g/mol. The Morgan fingerprint density at radius 1 is 1.36 bits per heavy atom. The largest absolute Gasteiger partial charge is 0.490 e. The van der Waals surface area contributed by atoms with Gasteiger partial charge in [0.25, 0.3) is 0 Å². The van der Waals surface area contributed by atoms with Crippen LogP contribution in [0.15, 0.2) is 18.2 Å². The zero-order chi connectivity index (χ0) is 18.2. The van der Waals surface area contributed by atoms with Crippen molar-refractivity contribution in [2.24, 2.45) is 17.3 Å². The summed E-state index contributed by atoms with van der Waals surface area (Å²) in [4.78, 5) is 26.8. The maximum atomic E-state index is 13.0. The van der Waals surface area contributed by atoms with Crippen LogP contribution in [-0.4, -0.2) is 25.0 Å². The Morgan fingerprint density at radius 3 is 2.72 bits per heavy atom. The summed E-state index contributed by atoms with van der Waals surface area (Å²) in [7, 11) is 0. The zero-order valence-corrected chi connectivity index (χ0v) is 15.6. The highest BCUT2D eigenvalue weighted by Gasteiger charge is 2.38. The van der Waals surface area contributed by atoms with E-state index in [0.717, 1.165) is 30.6 Å². The lowest BCUT2D eigenvalue weighted by Gasteiger charge is -2.28. The molecule has 0 unspecified atom stereocenters. The molecule has 0 aromatic heterocycles. The molecule has 2 aliphatic rings. The highest BCUT2D eigenvalue weighted by atomic mass is 16.5. The van der Waals surface area contributed by atoms with Crippen molar-refractivity contribution < 1.29 is 14.3 Å². The summed E-state index contributed by atoms with van der Waals surface area (Å²) in [5.74, 6) is 1.49. The van der Waals surface area contributed by atoms with Gasteiger partial charge in [0.1, 0.15) is 12.4 Å². The van der Waals surface area contributed by atoms with Gasteiger partial charge in [-0.1, -0.05) is 13.8 Å². The monoisotopic (exact) mass is 344 g/mol. The summed E-state index contributed by atoms with van der Waals surface area (Å²) in [6, 6.07) is 5.58. The molecule has 3 rings (SSSR count). The van der Waals surface area contributed by atoms with Crippen molar-refractivity contribution in [1.29, 1.82) is 0 Å². The normalized spacial score (nSPS) is 19.2. The number of hydrogen-bond acceptors (Lipinski definition) is 3. The number of hydrogen-bond donors (Lipinski definition) is 1. The first-order chi connectivity index (χ1) is 11.8. The van der Waals surface area contributed by atoms with E-state index in [4.69, 9.17) is 4.74 Å². The fourth-order valence-electron chi connectivity index (χ4n) is 2.92. The zero-order valence-electron chi connectivity index (χ0n) is 15.6. The molecule has 25 heavy (non-hydrogen) atoms. The lowest BCUT2D eigenvalue weighted by atomic mass is 9.92. The highest BCUT2D eigenvalue weighted by molar-refractivity contribution is 6.00. The molecule has 1 N–H and O–H groups in total. The molecule has 0 spiro atoms. The first-order valence-corrected chi connectivity index (χ1v) is 9.17. The van der Waals surface area contributed by atoms with Crippen LogP contribution in [0.3, 0.4) is 0 Å². The Hall–Kier alpha value is -2.04. The van der Waals surface area contributed by atoms with E-state index in [1.165, 1.54) is 0 Å². The second-order valence-electron chi connectivity index (χ2n) is 8.26. The molecule has 1 heterocycles. The van der Waals surface area contributed by atoms with Crippen LogP contribution in [0.2, 0.25) is 0 Å². The SMILES string of the molecule is CC(C)CCN1C(=O)C(C)(C)COc2cc(NC(=O)C3CC3)ccc21. The van der Waals surface area contributed by atoms with Crippen molar-refractivity contribution in [3.05, 3.63) is 18.2 Å². The molecule has 5 nitrogen and oxygen atoms in total. The second-order valence-corrected chi connectivity index (χ2v) is 8.26. The molecule has 1 aromatic rings. The van der Waals surface area contributed by atoms with E-state index in [1.807, 2.05) is 36.9 Å². The number of amides is 2. The minimum Gasteiger partial charge on any atom is -0.490 e. The van der Waals surface area contributed by atoms with Crippen LogP contribution in [-0.2, 0) is 9.59 Å². The number of anilines is 2. The van der Waals surface area contributed by atoms with Crippen LogP contribution in [0.25, 0.3) is 0 Å².